The Hall–Kier alpha value is -1.60. The molecule has 0 amide bonds. The third kappa shape index (κ3) is 2.11. The Morgan fingerprint density at radius 2 is 1.29 bits per heavy atom. The van der Waals surface area contributed by atoms with Crippen molar-refractivity contribution in [3.8, 4) is 0 Å². The fourth-order valence-corrected chi connectivity index (χ4v) is 4.45. The van der Waals surface area contributed by atoms with E-state index in [0.717, 1.165) is 12.8 Å². The molecule has 0 aliphatic heterocycles. The first kappa shape index (κ1) is 14.3. The van der Waals surface area contributed by atoms with Crippen LogP contribution in [-0.4, -0.2) is 6.04 Å². The van der Waals surface area contributed by atoms with E-state index in [1.54, 1.807) is 0 Å². The zero-order valence-electron chi connectivity index (χ0n) is 13.0. The van der Waals surface area contributed by atoms with E-state index in [1.807, 2.05) is 0 Å². The van der Waals surface area contributed by atoms with Crippen LogP contribution in [0, 0.1) is 5.41 Å². The Bertz CT molecular complexity index is 571. The predicted molar refractivity (Wildman–Crippen MR) is 89.4 cm³/mol. The van der Waals surface area contributed by atoms with Crippen molar-refractivity contribution < 1.29 is 0 Å². The van der Waals surface area contributed by atoms with Crippen LogP contribution in [0.1, 0.15) is 49.7 Å². The zero-order chi connectivity index (χ0) is 14.9. The number of nitrogens with two attached hydrogens (primary N) is 1. The summed E-state index contributed by atoms with van der Waals surface area (Å²) < 4.78 is 0. The van der Waals surface area contributed by atoms with Gasteiger partial charge in [0.1, 0.15) is 0 Å². The highest BCUT2D eigenvalue weighted by Gasteiger charge is 2.58. The van der Waals surface area contributed by atoms with Gasteiger partial charge in [-0.25, -0.2) is 0 Å². The minimum Gasteiger partial charge on any atom is -0.327 e. The van der Waals surface area contributed by atoms with Crippen molar-refractivity contribution in [3.05, 3.63) is 71.8 Å². The molecule has 0 heterocycles. The summed E-state index contributed by atoms with van der Waals surface area (Å²) in [5, 5.41) is 0. The van der Waals surface area contributed by atoms with Gasteiger partial charge >= 0.3 is 0 Å². The molecule has 1 saturated carbocycles. The predicted octanol–water partition coefficient (Wildman–Crippen LogP) is 4.70. The molecule has 0 bridgehead atoms. The zero-order valence-corrected chi connectivity index (χ0v) is 13.0. The average Bonchev–Trinajstić information content (AvgIpc) is 2.55. The molecule has 0 aromatic heterocycles. The lowest BCUT2D eigenvalue weighted by Gasteiger charge is -2.61. The largest absolute Gasteiger partial charge is 0.327 e. The topological polar surface area (TPSA) is 26.0 Å². The van der Waals surface area contributed by atoms with Gasteiger partial charge in [0.05, 0.1) is 0 Å². The molecule has 3 unspecified atom stereocenters. The molecule has 1 aliphatic carbocycles. The van der Waals surface area contributed by atoms with E-state index in [9.17, 15) is 0 Å². The lowest BCUT2D eigenvalue weighted by molar-refractivity contribution is 0.0141. The summed E-state index contributed by atoms with van der Waals surface area (Å²) in [7, 11) is 0. The lowest BCUT2D eigenvalue weighted by Crippen LogP contribution is -2.61. The van der Waals surface area contributed by atoms with Gasteiger partial charge in [0.25, 0.3) is 0 Å². The van der Waals surface area contributed by atoms with Crippen LogP contribution >= 0.6 is 0 Å². The maximum absolute atomic E-state index is 6.68. The maximum atomic E-state index is 6.68. The molecule has 0 radical (unpaired) electrons. The molecule has 110 valence electrons. The smallest absolute Gasteiger partial charge is 0.0177 e. The van der Waals surface area contributed by atoms with Crippen LogP contribution in [0.25, 0.3) is 0 Å². The summed E-state index contributed by atoms with van der Waals surface area (Å²) in [6.45, 7) is 4.58. The summed E-state index contributed by atoms with van der Waals surface area (Å²) in [5.74, 6) is 0.972. The van der Waals surface area contributed by atoms with Gasteiger partial charge in [-0.3, -0.25) is 0 Å². The van der Waals surface area contributed by atoms with Crippen molar-refractivity contribution in [2.45, 2.75) is 44.6 Å². The molecular formula is C20H25N. The molecule has 2 N–H and O–H groups in total. The van der Waals surface area contributed by atoms with Crippen LogP contribution in [0.3, 0.4) is 0 Å². The van der Waals surface area contributed by atoms with Crippen molar-refractivity contribution in [1.82, 2.24) is 0 Å². The van der Waals surface area contributed by atoms with E-state index in [1.165, 1.54) is 11.1 Å². The van der Waals surface area contributed by atoms with Gasteiger partial charge in [-0.1, -0.05) is 74.5 Å². The van der Waals surface area contributed by atoms with E-state index in [4.69, 9.17) is 5.73 Å². The normalized spacial score (nSPS) is 27.1. The standard InChI is InChI=1S/C20H25N/c1-3-20(4-2)18(16-13-9-6-10-14-16)17(19(20)21)15-11-7-5-8-12-15/h5-14,17-19H,3-4,21H2,1-2H3. The first-order chi connectivity index (χ1) is 10.2. The third-order valence-corrected chi connectivity index (χ3v) is 5.69. The van der Waals surface area contributed by atoms with Gasteiger partial charge in [-0.05, 0) is 35.3 Å². The van der Waals surface area contributed by atoms with Crippen LogP contribution in [0.4, 0.5) is 0 Å². The van der Waals surface area contributed by atoms with Gasteiger partial charge in [-0.15, -0.1) is 0 Å². The third-order valence-electron chi connectivity index (χ3n) is 5.69. The van der Waals surface area contributed by atoms with Crippen LogP contribution in [0.15, 0.2) is 60.7 Å². The monoisotopic (exact) mass is 279 g/mol. The van der Waals surface area contributed by atoms with Gasteiger partial charge in [0, 0.05) is 12.0 Å². The molecule has 1 aliphatic rings. The first-order valence-corrected chi connectivity index (χ1v) is 8.10. The van der Waals surface area contributed by atoms with E-state index in [2.05, 4.69) is 74.5 Å². The van der Waals surface area contributed by atoms with Crippen molar-refractivity contribution in [1.29, 1.82) is 0 Å². The minimum absolute atomic E-state index is 0.238. The molecule has 3 rings (SSSR count). The van der Waals surface area contributed by atoms with Crippen molar-refractivity contribution >= 4 is 0 Å². The SMILES string of the molecule is CCC1(CC)C(N)C(c2ccccc2)C1c1ccccc1. The molecule has 0 saturated heterocycles. The Labute approximate surface area is 128 Å². The summed E-state index contributed by atoms with van der Waals surface area (Å²) in [6, 6.07) is 22.0. The van der Waals surface area contributed by atoms with Crippen LogP contribution in [0.5, 0.6) is 0 Å². The number of hydrogen-bond acceptors (Lipinski definition) is 1. The molecule has 1 nitrogen and oxygen atoms in total. The van der Waals surface area contributed by atoms with Gasteiger partial charge < -0.3 is 5.73 Å². The molecule has 3 atom stereocenters. The lowest BCUT2D eigenvalue weighted by atomic mass is 9.45. The van der Waals surface area contributed by atoms with E-state index in [-0.39, 0.29) is 11.5 Å². The molecule has 21 heavy (non-hydrogen) atoms. The Kier molecular flexibility index (Phi) is 3.86. The van der Waals surface area contributed by atoms with Gasteiger partial charge in [0.15, 0.2) is 0 Å². The Morgan fingerprint density at radius 3 is 1.76 bits per heavy atom. The fraction of sp³-hybridized carbons (Fsp3) is 0.400. The average molecular weight is 279 g/mol. The highest BCUT2D eigenvalue weighted by Crippen LogP contribution is 2.63. The van der Waals surface area contributed by atoms with Crippen LogP contribution in [-0.2, 0) is 0 Å². The summed E-state index contributed by atoms with van der Waals surface area (Å²) in [5.41, 5.74) is 9.75. The van der Waals surface area contributed by atoms with E-state index < -0.39 is 0 Å². The number of rotatable bonds is 4. The molecule has 1 heteroatoms. The Morgan fingerprint density at radius 1 is 0.810 bits per heavy atom. The molecule has 1 fully saturated rings. The molecule has 2 aromatic rings. The second-order valence-electron chi connectivity index (χ2n) is 6.29. The highest BCUT2D eigenvalue weighted by molar-refractivity contribution is 5.39. The van der Waals surface area contributed by atoms with Crippen molar-refractivity contribution in [2.75, 3.05) is 0 Å². The highest BCUT2D eigenvalue weighted by atomic mass is 14.8. The number of hydrogen-bond donors (Lipinski definition) is 1. The summed E-state index contributed by atoms with van der Waals surface area (Å²) >= 11 is 0. The summed E-state index contributed by atoms with van der Waals surface area (Å²) in [6.07, 6.45) is 2.29. The molecule has 0 spiro atoms. The van der Waals surface area contributed by atoms with E-state index >= 15 is 0 Å². The van der Waals surface area contributed by atoms with Crippen LogP contribution < -0.4 is 5.73 Å². The fourth-order valence-electron chi connectivity index (χ4n) is 4.45. The number of benzene rings is 2. The van der Waals surface area contributed by atoms with E-state index in [0.29, 0.717) is 11.8 Å². The van der Waals surface area contributed by atoms with Gasteiger partial charge in [0.2, 0.25) is 0 Å². The second-order valence-corrected chi connectivity index (χ2v) is 6.29. The molecule has 2 aromatic carbocycles. The van der Waals surface area contributed by atoms with Crippen LogP contribution in [0.2, 0.25) is 0 Å². The van der Waals surface area contributed by atoms with Crippen molar-refractivity contribution in [3.63, 3.8) is 0 Å². The minimum atomic E-state index is 0.238. The van der Waals surface area contributed by atoms with Crippen molar-refractivity contribution in [2.24, 2.45) is 11.1 Å². The van der Waals surface area contributed by atoms with Gasteiger partial charge in [-0.2, -0.15) is 0 Å². The second kappa shape index (κ2) is 5.65. The first-order valence-electron chi connectivity index (χ1n) is 8.10. The maximum Gasteiger partial charge on any atom is 0.0177 e. The molecular weight excluding hydrogens is 254 g/mol. The summed E-state index contributed by atoms with van der Waals surface area (Å²) in [4.78, 5) is 0. The Balaban J connectivity index is 2.05. The quantitative estimate of drug-likeness (QED) is 0.862.